The molecule has 0 radical (unpaired) electrons. The number of benzene rings is 2. The molecule has 138 valence electrons. The van der Waals surface area contributed by atoms with Crippen molar-refractivity contribution >= 4 is 34.6 Å². The number of hydrogen-bond acceptors (Lipinski definition) is 7. The van der Waals surface area contributed by atoms with Crippen molar-refractivity contribution in [3.63, 3.8) is 0 Å². The van der Waals surface area contributed by atoms with Crippen LogP contribution in [-0.2, 0) is 4.74 Å². The summed E-state index contributed by atoms with van der Waals surface area (Å²) in [5.74, 6) is 1.49. The van der Waals surface area contributed by atoms with Gasteiger partial charge in [0.05, 0.1) is 13.2 Å². The first kappa shape index (κ1) is 17.1. The molecule has 27 heavy (non-hydrogen) atoms. The second-order valence-corrected chi connectivity index (χ2v) is 6.26. The maximum Gasteiger partial charge on any atom is 0.223 e. The molecule has 1 aliphatic rings. The number of morpholine rings is 1. The summed E-state index contributed by atoms with van der Waals surface area (Å²) >= 11 is 0. The Morgan fingerprint density at radius 3 is 2.04 bits per heavy atom. The van der Waals surface area contributed by atoms with Gasteiger partial charge in [-0.05, 0) is 36.4 Å². The number of nitrogens with two attached hydrogens (primary N) is 1. The van der Waals surface area contributed by atoms with Gasteiger partial charge in [-0.3, -0.25) is 0 Å². The van der Waals surface area contributed by atoms with E-state index in [2.05, 4.69) is 37.6 Å². The van der Waals surface area contributed by atoms with E-state index in [4.69, 9.17) is 10.5 Å². The van der Waals surface area contributed by atoms with Gasteiger partial charge in [-0.2, -0.15) is 9.97 Å². The Morgan fingerprint density at radius 2 is 1.41 bits per heavy atom. The van der Waals surface area contributed by atoms with Crippen LogP contribution < -0.4 is 21.3 Å². The van der Waals surface area contributed by atoms with Crippen LogP contribution in [0.2, 0.25) is 0 Å². The fraction of sp³-hybridized carbons (Fsp3) is 0.200. The number of nitrogens with one attached hydrogen (secondary N) is 2. The minimum atomic E-state index is 0.211. The highest BCUT2D eigenvalue weighted by Crippen LogP contribution is 2.23. The molecule has 3 aromatic rings. The molecule has 1 fully saturated rings. The van der Waals surface area contributed by atoms with Crippen LogP contribution >= 0.6 is 0 Å². The van der Waals surface area contributed by atoms with Gasteiger partial charge in [0.15, 0.2) is 0 Å². The van der Waals surface area contributed by atoms with E-state index in [9.17, 15) is 0 Å². The Labute approximate surface area is 158 Å². The summed E-state index contributed by atoms with van der Waals surface area (Å²) in [6.45, 7) is 3.39. The maximum atomic E-state index is 5.87. The Hall–Kier alpha value is -3.32. The second kappa shape index (κ2) is 7.92. The number of nitrogens with zero attached hydrogens (tertiary/aromatic N) is 3. The summed E-state index contributed by atoms with van der Waals surface area (Å²) in [5.41, 5.74) is 8.94. The van der Waals surface area contributed by atoms with Crippen molar-refractivity contribution in [1.29, 1.82) is 0 Å². The minimum absolute atomic E-state index is 0.211. The molecule has 0 aliphatic carbocycles. The Bertz CT molecular complexity index is 879. The first-order chi connectivity index (χ1) is 13.3. The first-order valence-electron chi connectivity index (χ1n) is 8.93. The van der Waals surface area contributed by atoms with Gasteiger partial charge in [-0.25, -0.2) is 0 Å². The molecule has 0 saturated carbocycles. The topological polar surface area (TPSA) is 88.3 Å². The standard InChI is InChI=1S/C20H22N6O/c21-20-24-18(22-15-4-2-1-3-5-15)14-19(25-20)23-16-6-8-17(9-7-16)26-10-12-27-13-11-26/h1-9,14H,10-13H2,(H4,21,22,23,24,25). The van der Waals surface area contributed by atoms with Crippen molar-refractivity contribution in [2.75, 3.05) is 47.6 Å². The molecule has 0 unspecified atom stereocenters. The van der Waals surface area contributed by atoms with Gasteiger partial charge in [-0.1, -0.05) is 18.2 Å². The van der Waals surface area contributed by atoms with Crippen LogP contribution in [0.5, 0.6) is 0 Å². The molecule has 0 atom stereocenters. The zero-order chi connectivity index (χ0) is 18.5. The third-order valence-corrected chi connectivity index (χ3v) is 4.31. The van der Waals surface area contributed by atoms with Crippen LogP contribution in [0.25, 0.3) is 0 Å². The average Bonchev–Trinajstić information content (AvgIpc) is 2.70. The number of anilines is 6. The Morgan fingerprint density at radius 1 is 0.815 bits per heavy atom. The second-order valence-electron chi connectivity index (χ2n) is 6.26. The van der Waals surface area contributed by atoms with Crippen LogP contribution in [0.4, 0.5) is 34.6 Å². The van der Waals surface area contributed by atoms with Crippen LogP contribution in [0.3, 0.4) is 0 Å². The zero-order valence-electron chi connectivity index (χ0n) is 14.9. The number of nitrogen functional groups attached to an aromatic ring is 1. The zero-order valence-corrected chi connectivity index (χ0v) is 14.9. The van der Waals surface area contributed by atoms with E-state index in [1.165, 1.54) is 5.69 Å². The van der Waals surface area contributed by atoms with Gasteiger partial charge >= 0.3 is 0 Å². The van der Waals surface area contributed by atoms with Gasteiger partial charge in [-0.15, -0.1) is 0 Å². The molecule has 4 rings (SSSR count). The molecule has 1 saturated heterocycles. The lowest BCUT2D eigenvalue weighted by molar-refractivity contribution is 0.122. The normalized spacial score (nSPS) is 14.0. The summed E-state index contributed by atoms with van der Waals surface area (Å²) in [7, 11) is 0. The minimum Gasteiger partial charge on any atom is -0.378 e. The molecule has 7 heteroatoms. The molecule has 0 amide bonds. The van der Waals surface area contributed by atoms with E-state index in [0.29, 0.717) is 11.6 Å². The highest BCUT2D eigenvalue weighted by Gasteiger charge is 2.11. The SMILES string of the molecule is Nc1nc(Nc2ccccc2)cc(Nc2ccc(N3CCOCC3)cc2)n1. The van der Waals surface area contributed by atoms with Crippen molar-refractivity contribution in [1.82, 2.24) is 9.97 Å². The highest BCUT2D eigenvalue weighted by atomic mass is 16.5. The van der Waals surface area contributed by atoms with Crippen molar-refractivity contribution in [2.24, 2.45) is 0 Å². The summed E-state index contributed by atoms with van der Waals surface area (Å²) in [4.78, 5) is 10.8. The molecule has 1 aromatic heterocycles. The smallest absolute Gasteiger partial charge is 0.223 e. The predicted molar refractivity (Wildman–Crippen MR) is 109 cm³/mol. The first-order valence-corrected chi connectivity index (χ1v) is 8.93. The number of rotatable bonds is 5. The molecule has 2 heterocycles. The third kappa shape index (κ3) is 4.45. The van der Waals surface area contributed by atoms with Crippen LogP contribution in [0.15, 0.2) is 60.7 Å². The van der Waals surface area contributed by atoms with E-state index in [-0.39, 0.29) is 5.95 Å². The van der Waals surface area contributed by atoms with Crippen LogP contribution in [0.1, 0.15) is 0 Å². The number of para-hydroxylation sites is 1. The average molecular weight is 362 g/mol. The molecule has 0 spiro atoms. The van der Waals surface area contributed by atoms with Crippen molar-refractivity contribution in [2.45, 2.75) is 0 Å². The summed E-state index contributed by atoms with van der Waals surface area (Å²) in [5, 5.41) is 6.52. The fourth-order valence-corrected chi connectivity index (χ4v) is 2.99. The lowest BCUT2D eigenvalue weighted by atomic mass is 10.2. The van der Waals surface area contributed by atoms with E-state index in [0.717, 1.165) is 37.7 Å². The summed E-state index contributed by atoms with van der Waals surface area (Å²) in [6.07, 6.45) is 0. The Balaban J connectivity index is 1.47. The van der Waals surface area contributed by atoms with Crippen molar-refractivity contribution in [3.05, 3.63) is 60.7 Å². The van der Waals surface area contributed by atoms with E-state index in [1.807, 2.05) is 48.5 Å². The molecular formula is C20H22N6O. The molecule has 1 aliphatic heterocycles. The molecular weight excluding hydrogens is 340 g/mol. The summed E-state index contributed by atoms with van der Waals surface area (Å²) < 4.78 is 5.40. The molecule has 7 nitrogen and oxygen atoms in total. The van der Waals surface area contributed by atoms with Gasteiger partial charge < -0.3 is 26.0 Å². The largest absolute Gasteiger partial charge is 0.378 e. The Kier molecular flexibility index (Phi) is 5.02. The fourth-order valence-electron chi connectivity index (χ4n) is 2.99. The molecule has 0 bridgehead atoms. The van der Waals surface area contributed by atoms with Gasteiger partial charge in [0.2, 0.25) is 5.95 Å². The number of ether oxygens (including phenoxy) is 1. The van der Waals surface area contributed by atoms with Crippen molar-refractivity contribution in [3.8, 4) is 0 Å². The lowest BCUT2D eigenvalue weighted by Crippen LogP contribution is -2.36. The van der Waals surface area contributed by atoms with Gasteiger partial charge in [0, 0.05) is 36.2 Å². The van der Waals surface area contributed by atoms with E-state index < -0.39 is 0 Å². The third-order valence-electron chi connectivity index (χ3n) is 4.31. The van der Waals surface area contributed by atoms with Crippen LogP contribution in [-0.4, -0.2) is 36.3 Å². The quantitative estimate of drug-likeness (QED) is 0.641. The van der Waals surface area contributed by atoms with E-state index in [1.54, 1.807) is 0 Å². The van der Waals surface area contributed by atoms with E-state index >= 15 is 0 Å². The number of aromatic nitrogens is 2. The van der Waals surface area contributed by atoms with Crippen molar-refractivity contribution < 1.29 is 4.74 Å². The molecule has 2 aromatic carbocycles. The number of hydrogen-bond donors (Lipinski definition) is 3. The predicted octanol–water partition coefficient (Wildman–Crippen LogP) is 3.38. The summed E-state index contributed by atoms with van der Waals surface area (Å²) in [6, 6.07) is 19.9. The monoisotopic (exact) mass is 362 g/mol. The highest BCUT2D eigenvalue weighted by molar-refractivity contribution is 5.66. The lowest BCUT2D eigenvalue weighted by Gasteiger charge is -2.28. The van der Waals surface area contributed by atoms with Gasteiger partial charge in [0.25, 0.3) is 0 Å². The van der Waals surface area contributed by atoms with Gasteiger partial charge in [0.1, 0.15) is 11.6 Å². The maximum absolute atomic E-state index is 5.87. The molecule has 4 N–H and O–H groups in total. The van der Waals surface area contributed by atoms with Crippen LogP contribution in [0, 0.1) is 0 Å².